The zero-order chi connectivity index (χ0) is 19.0. The Labute approximate surface area is 152 Å². The van der Waals surface area contributed by atoms with E-state index >= 15 is 0 Å². The third kappa shape index (κ3) is 3.01. The summed E-state index contributed by atoms with van der Waals surface area (Å²) in [5.41, 5.74) is 8.49. The number of nitrogens with two attached hydrogens (primary N) is 1. The monoisotopic (exact) mass is 361 g/mol. The number of anilines is 2. The Hall–Kier alpha value is -4.01. The van der Waals surface area contributed by atoms with E-state index in [4.69, 9.17) is 5.73 Å². The third-order valence-corrected chi connectivity index (χ3v) is 4.01. The molecule has 9 heteroatoms. The number of pyridine rings is 1. The van der Waals surface area contributed by atoms with Crippen molar-refractivity contribution in [2.45, 2.75) is 6.92 Å². The number of carbonyl (C=O) groups excluding carboxylic acids is 1. The van der Waals surface area contributed by atoms with Gasteiger partial charge in [0.25, 0.3) is 5.56 Å². The summed E-state index contributed by atoms with van der Waals surface area (Å²) in [5, 5.41) is 7.45. The summed E-state index contributed by atoms with van der Waals surface area (Å²) in [6.45, 7) is 1.45. The average Bonchev–Trinajstić information content (AvgIpc) is 3.03. The van der Waals surface area contributed by atoms with Crippen LogP contribution in [0.15, 0.2) is 53.8 Å². The molecule has 4 aromatic rings. The van der Waals surface area contributed by atoms with Crippen molar-refractivity contribution in [3.05, 3.63) is 59.4 Å². The fourth-order valence-electron chi connectivity index (χ4n) is 2.81. The molecule has 1 amide bonds. The Morgan fingerprint density at radius 2 is 1.96 bits per heavy atom. The Bertz CT molecular complexity index is 1210. The Morgan fingerprint density at radius 3 is 2.70 bits per heavy atom. The maximum absolute atomic E-state index is 12.0. The van der Waals surface area contributed by atoms with Gasteiger partial charge in [0, 0.05) is 30.6 Å². The van der Waals surface area contributed by atoms with Crippen molar-refractivity contribution < 1.29 is 4.79 Å². The van der Waals surface area contributed by atoms with Crippen LogP contribution >= 0.6 is 0 Å². The Balaban J connectivity index is 1.77. The molecule has 3 aromatic heterocycles. The second-order valence-corrected chi connectivity index (χ2v) is 5.89. The minimum Gasteiger partial charge on any atom is -0.382 e. The van der Waals surface area contributed by atoms with E-state index in [0.717, 1.165) is 5.56 Å². The van der Waals surface area contributed by atoms with Crippen LogP contribution in [0.5, 0.6) is 0 Å². The highest BCUT2D eigenvalue weighted by molar-refractivity contribution is 5.89. The summed E-state index contributed by atoms with van der Waals surface area (Å²) in [7, 11) is 0. The van der Waals surface area contributed by atoms with E-state index in [0.29, 0.717) is 33.8 Å². The summed E-state index contributed by atoms with van der Waals surface area (Å²) in [6, 6.07) is 8.83. The first-order valence-electron chi connectivity index (χ1n) is 8.09. The number of aromatic nitrogens is 5. The molecule has 4 rings (SSSR count). The largest absolute Gasteiger partial charge is 0.382 e. The lowest BCUT2D eigenvalue weighted by molar-refractivity contribution is -0.114. The van der Waals surface area contributed by atoms with Crippen molar-refractivity contribution in [2.75, 3.05) is 11.1 Å². The average molecular weight is 361 g/mol. The lowest BCUT2D eigenvalue weighted by atomic mass is 10.1. The maximum atomic E-state index is 12.0. The van der Waals surface area contributed by atoms with Crippen LogP contribution in [-0.4, -0.2) is 30.6 Å². The van der Waals surface area contributed by atoms with Gasteiger partial charge in [0.2, 0.25) is 5.91 Å². The standard InChI is InChI=1S/C18H15N7O2/c1-10(26)23-12-4-2-11(3-5-12)14-8-25(24-16(14)19)17-15-13(6-7-20-17)18(27)22-9-21-15/h2-9H,1H3,(H2,19,24)(H,23,26)(H,21,22,27). The van der Waals surface area contributed by atoms with Gasteiger partial charge in [-0.05, 0) is 23.8 Å². The molecular weight excluding hydrogens is 346 g/mol. The van der Waals surface area contributed by atoms with E-state index in [1.807, 2.05) is 12.1 Å². The number of aromatic amines is 1. The fourth-order valence-corrected chi connectivity index (χ4v) is 2.81. The van der Waals surface area contributed by atoms with Crippen molar-refractivity contribution in [2.24, 2.45) is 0 Å². The minimum atomic E-state index is -0.252. The molecular formula is C18H15N7O2. The highest BCUT2D eigenvalue weighted by Crippen LogP contribution is 2.28. The van der Waals surface area contributed by atoms with E-state index in [1.165, 1.54) is 24.1 Å². The zero-order valence-electron chi connectivity index (χ0n) is 14.3. The molecule has 0 aliphatic heterocycles. The molecule has 0 fully saturated rings. The van der Waals surface area contributed by atoms with Gasteiger partial charge in [-0.3, -0.25) is 9.59 Å². The predicted octanol–water partition coefficient (Wildman–Crippen LogP) is 1.71. The van der Waals surface area contributed by atoms with E-state index in [2.05, 4.69) is 25.4 Å². The van der Waals surface area contributed by atoms with Crippen LogP contribution in [0, 0.1) is 0 Å². The van der Waals surface area contributed by atoms with Gasteiger partial charge < -0.3 is 16.0 Å². The number of H-pyrrole nitrogens is 1. The smallest absolute Gasteiger partial charge is 0.258 e. The predicted molar refractivity (Wildman–Crippen MR) is 101 cm³/mol. The van der Waals surface area contributed by atoms with Gasteiger partial charge in [-0.2, -0.15) is 0 Å². The molecule has 0 saturated heterocycles. The van der Waals surface area contributed by atoms with Crippen LogP contribution in [0.2, 0.25) is 0 Å². The topological polar surface area (TPSA) is 132 Å². The SMILES string of the molecule is CC(=O)Nc1ccc(-c2cn(-c3nccc4c(=O)[nH]cnc34)nc2N)cc1. The van der Waals surface area contributed by atoms with Gasteiger partial charge in [-0.25, -0.2) is 14.6 Å². The van der Waals surface area contributed by atoms with Gasteiger partial charge in [0.1, 0.15) is 5.52 Å². The van der Waals surface area contributed by atoms with Crippen molar-refractivity contribution >= 4 is 28.3 Å². The molecule has 0 saturated carbocycles. The van der Waals surface area contributed by atoms with Gasteiger partial charge in [0.15, 0.2) is 11.6 Å². The number of fused-ring (bicyclic) bond motifs is 1. The van der Waals surface area contributed by atoms with Crippen LogP contribution in [0.4, 0.5) is 11.5 Å². The third-order valence-electron chi connectivity index (χ3n) is 4.01. The van der Waals surface area contributed by atoms with Crippen molar-refractivity contribution in [1.29, 1.82) is 0 Å². The zero-order valence-corrected chi connectivity index (χ0v) is 14.3. The summed E-state index contributed by atoms with van der Waals surface area (Å²) in [6.07, 6.45) is 4.58. The summed E-state index contributed by atoms with van der Waals surface area (Å²) in [4.78, 5) is 34.1. The van der Waals surface area contributed by atoms with Crippen LogP contribution in [-0.2, 0) is 4.79 Å². The molecule has 27 heavy (non-hydrogen) atoms. The Kier molecular flexibility index (Phi) is 3.88. The van der Waals surface area contributed by atoms with E-state index in [-0.39, 0.29) is 11.5 Å². The van der Waals surface area contributed by atoms with Gasteiger partial charge in [-0.1, -0.05) is 12.1 Å². The number of nitrogens with one attached hydrogen (secondary N) is 2. The molecule has 0 spiro atoms. The van der Waals surface area contributed by atoms with Crippen LogP contribution < -0.4 is 16.6 Å². The molecule has 0 aliphatic carbocycles. The highest BCUT2D eigenvalue weighted by Gasteiger charge is 2.14. The van der Waals surface area contributed by atoms with Crippen molar-refractivity contribution in [1.82, 2.24) is 24.7 Å². The van der Waals surface area contributed by atoms with Gasteiger partial charge in [0.05, 0.1) is 11.7 Å². The molecule has 4 N–H and O–H groups in total. The summed E-state index contributed by atoms with van der Waals surface area (Å²) >= 11 is 0. The molecule has 0 bridgehead atoms. The number of hydrogen-bond donors (Lipinski definition) is 3. The molecule has 1 aromatic carbocycles. The first kappa shape index (κ1) is 16.5. The molecule has 9 nitrogen and oxygen atoms in total. The minimum absolute atomic E-state index is 0.139. The van der Waals surface area contributed by atoms with Crippen LogP contribution in [0.3, 0.4) is 0 Å². The maximum Gasteiger partial charge on any atom is 0.258 e. The van der Waals surface area contributed by atoms with Crippen LogP contribution in [0.25, 0.3) is 27.8 Å². The first-order chi connectivity index (χ1) is 13.0. The number of nitrogens with zero attached hydrogens (tertiary/aromatic N) is 4. The van der Waals surface area contributed by atoms with Gasteiger partial charge >= 0.3 is 0 Å². The second-order valence-electron chi connectivity index (χ2n) is 5.89. The number of rotatable bonds is 3. The first-order valence-corrected chi connectivity index (χ1v) is 8.09. The fraction of sp³-hybridized carbons (Fsp3) is 0.0556. The molecule has 3 heterocycles. The lowest BCUT2D eigenvalue weighted by Gasteiger charge is -2.04. The second kappa shape index (κ2) is 6.37. The van der Waals surface area contributed by atoms with Crippen molar-refractivity contribution in [3.63, 3.8) is 0 Å². The Morgan fingerprint density at radius 1 is 1.19 bits per heavy atom. The molecule has 0 aliphatic rings. The quantitative estimate of drug-likeness (QED) is 0.509. The summed E-state index contributed by atoms with van der Waals surface area (Å²) in [5.74, 6) is 0.580. The number of hydrogen-bond acceptors (Lipinski definition) is 6. The number of benzene rings is 1. The molecule has 0 radical (unpaired) electrons. The normalized spacial score (nSPS) is 10.9. The highest BCUT2D eigenvalue weighted by atomic mass is 16.1. The molecule has 134 valence electrons. The lowest BCUT2D eigenvalue weighted by Crippen LogP contribution is -2.09. The van der Waals surface area contributed by atoms with Crippen LogP contribution in [0.1, 0.15) is 6.92 Å². The van der Waals surface area contributed by atoms with Crippen molar-refractivity contribution in [3.8, 4) is 16.9 Å². The van der Waals surface area contributed by atoms with E-state index < -0.39 is 0 Å². The van der Waals surface area contributed by atoms with E-state index in [9.17, 15) is 9.59 Å². The van der Waals surface area contributed by atoms with E-state index in [1.54, 1.807) is 24.4 Å². The summed E-state index contributed by atoms with van der Waals surface area (Å²) < 4.78 is 1.50. The number of nitrogen functional groups attached to an aromatic ring is 1. The number of amides is 1. The van der Waals surface area contributed by atoms with Gasteiger partial charge in [-0.15, -0.1) is 5.10 Å². The molecule has 0 unspecified atom stereocenters. The number of carbonyl (C=O) groups is 1. The molecule has 0 atom stereocenters.